The predicted octanol–water partition coefficient (Wildman–Crippen LogP) is 6.69. The normalized spacial score (nSPS) is 13.8. The molecular weight excluding hydrogens is 544 g/mol. The first-order chi connectivity index (χ1) is 20.6. The van der Waals surface area contributed by atoms with Crippen LogP contribution in [0.5, 0.6) is 0 Å². The summed E-state index contributed by atoms with van der Waals surface area (Å²) in [6.07, 6.45) is 9.76. The van der Waals surface area contributed by atoms with Crippen LogP contribution in [0.1, 0.15) is 77.3 Å². The number of carboxylic acid groups (broad SMARTS) is 2. The van der Waals surface area contributed by atoms with Gasteiger partial charge in [0.05, 0.1) is 0 Å². The van der Waals surface area contributed by atoms with E-state index in [0.29, 0.717) is 17.3 Å². The predicted molar refractivity (Wildman–Crippen MR) is 166 cm³/mol. The van der Waals surface area contributed by atoms with E-state index >= 15 is 0 Å². The molecule has 222 valence electrons. The molecule has 0 unspecified atom stereocenters. The molecule has 0 aromatic heterocycles. The van der Waals surface area contributed by atoms with Crippen molar-refractivity contribution >= 4 is 35.1 Å². The highest BCUT2D eigenvalue weighted by atomic mass is 16.4. The molecule has 3 aromatic rings. The maximum absolute atomic E-state index is 12.1. The number of rotatable bonds is 10. The third kappa shape index (κ3) is 8.52. The van der Waals surface area contributed by atoms with Crippen molar-refractivity contribution in [2.45, 2.75) is 57.8 Å². The van der Waals surface area contributed by atoms with Crippen LogP contribution in [-0.2, 0) is 19.2 Å². The quantitative estimate of drug-likeness (QED) is 0.156. The Labute approximate surface area is 251 Å². The smallest absolute Gasteiger partial charge is 0.328 e. The van der Waals surface area contributed by atoms with Crippen LogP contribution in [0.25, 0.3) is 0 Å². The van der Waals surface area contributed by atoms with Crippen LogP contribution in [0.2, 0.25) is 0 Å². The number of hydrogen-bond donors (Lipinski definition) is 4. The lowest BCUT2D eigenvalue weighted by Crippen LogP contribution is -2.12. The summed E-state index contributed by atoms with van der Waals surface area (Å²) in [5.41, 5.74) is 8.02. The molecule has 0 heterocycles. The van der Waals surface area contributed by atoms with E-state index in [1.165, 1.54) is 54.4 Å². The molecule has 4 N–H and O–H groups in total. The number of carboxylic acids is 2. The van der Waals surface area contributed by atoms with Gasteiger partial charge in [-0.1, -0.05) is 55.7 Å². The number of nitrogens with one attached hydrogen (secondary N) is 2. The van der Waals surface area contributed by atoms with Gasteiger partial charge >= 0.3 is 11.9 Å². The van der Waals surface area contributed by atoms with Gasteiger partial charge in [-0.05, 0) is 90.3 Å². The molecule has 1 aliphatic rings. The highest BCUT2D eigenvalue weighted by molar-refractivity contribution is 6.03. The number of anilines is 2. The molecule has 0 radical (unpaired) electrons. The topological polar surface area (TPSA) is 133 Å². The largest absolute Gasteiger partial charge is 0.478 e. The van der Waals surface area contributed by atoms with Gasteiger partial charge in [0, 0.05) is 41.6 Å². The molecule has 0 saturated heterocycles. The van der Waals surface area contributed by atoms with Gasteiger partial charge in [-0.25, -0.2) is 9.59 Å². The summed E-state index contributed by atoms with van der Waals surface area (Å²) in [4.78, 5) is 45.6. The van der Waals surface area contributed by atoms with Gasteiger partial charge in [-0.2, -0.15) is 0 Å². The molecule has 3 aromatic carbocycles. The lowest BCUT2D eigenvalue weighted by Gasteiger charge is -2.27. The minimum Gasteiger partial charge on any atom is -0.478 e. The summed E-state index contributed by atoms with van der Waals surface area (Å²) in [7, 11) is 0. The maximum atomic E-state index is 12.1. The number of carbonyl (C=O) groups is 4. The van der Waals surface area contributed by atoms with Gasteiger partial charge in [-0.3, -0.25) is 9.59 Å². The second kappa shape index (κ2) is 14.3. The molecule has 0 bridgehead atoms. The summed E-state index contributed by atoms with van der Waals surface area (Å²) in [6.45, 7) is 4.29. The highest BCUT2D eigenvalue weighted by Crippen LogP contribution is 2.40. The van der Waals surface area contributed by atoms with Gasteiger partial charge in [0.15, 0.2) is 0 Å². The Kier molecular flexibility index (Phi) is 10.3. The second-order valence-electron chi connectivity index (χ2n) is 10.9. The van der Waals surface area contributed by atoms with Crippen molar-refractivity contribution in [3.8, 4) is 0 Å². The van der Waals surface area contributed by atoms with Crippen LogP contribution in [-0.4, -0.2) is 34.0 Å². The molecule has 1 fully saturated rings. The Morgan fingerprint density at radius 3 is 1.49 bits per heavy atom. The lowest BCUT2D eigenvalue weighted by molar-refractivity contribution is -0.132. The number of amides is 2. The Morgan fingerprint density at radius 1 is 0.674 bits per heavy atom. The zero-order chi connectivity index (χ0) is 30.9. The summed E-state index contributed by atoms with van der Waals surface area (Å²) in [5.74, 6) is -3.03. The van der Waals surface area contributed by atoms with E-state index in [0.717, 1.165) is 35.4 Å². The minimum atomic E-state index is -1.20. The van der Waals surface area contributed by atoms with E-state index < -0.39 is 23.8 Å². The summed E-state index contributed by atoms with van der Waals surface area (Å²) in [5, 5.41) is 22.9. The first kappa shape index (κ1) is 31.0. The van der Waals surface area contributed by atoms with Crippen molar-refractivity contribution in [1.29, 1.82) is 0 Å². The summed E-state index contributed by atoms with van der Waals surface area (Å²) < 4.78 is 0. The van der Waals surface area contributed by atoms with Gasteiger partial charge in [0.1, 0.15) is 0 Å². The molecule has 0 atom stereocenters. The van der Waals surface area contributed by atoms with E-state index in [2.05, 4.69) is 36.6 Å². The number of benzene rings is 3. The van der Waals surface area contributed by atoms with Crippen LogP contribution in [0.15, 0.2) is 85.0 Å². The molecule has 1 saturated carbocycles. The first-order valence-corrected chi connectivity index (χ1v) is 14.4. The number of aryl methyl sites for hydroxylation is 2. The molecule has 2 amide bonds. The number of carbonyl (C=O) groups excluding carboxylic acids is 2. The van der Waals surface area contributed by atoms with Gasteiger partial charge in [0.25, 0.3) is 0 Å². The van der Waals surface area contributed by atoms with Crippen molar-refractivity contribution in [2.75, 3.05) is 10.6 Å². The van der Waals surface area contributed by atoms with Crippen molar-refractivity contribution in [1.82, 2.24) is 0 Å². The molecule has 0 aliphatic heterocycles. The second-order valence-corrected chi connectivity index (χ2v) is 10.9. The fourth-order valence-corrected chi connectivity index (χ4v) is 5.84. The van der Waals surface area contributed by atoms with E-state index in [1.807, 2.05) is 24.3 Å². The fourth-order valence-electron chi connectivity index (χ4n) is 5.84. The van der Waals surface area contributed by atoms with Crippen molar-refractivity contribution < 1.29 is 29.4 Å². The molecule has 0 spiro atoms. The van der Waals surface area contributed by atoms with Crippen LogP contribution in [0.4, 0.5) is 11.4 Å². The van der Waals surface area contributed by atoms with E-state index in [4.69, 9.17) is 10.2 Å². The Morgan fingerprint density at radius 2 is 1.09 bits per heavy atom. The van der Waals surface area contributed by atoms with Crippen LogP contribution in [0.3, 0.4) is 0 Å². The van der Waals surface area contributed by atoms with Crippen LogP contribution >= 0.6 is 0 Å². The molecule has 8 heteroatoms. The van der Waals surface area contributed by atoms with Gasteiger partial charge < -0.3 is 20.8 Å². The van der Waals surface area contributed by atoms with Gasteiger partial charge in [0.2, 0.25) is 11.8 Å². The van der Waals surface area contributed by atoms with Crippen molar-refractivity contribution in [2.24, 2.45) is 0 Å². The highest BCUT2D eigenvalue weighted by Gasteiger charge is 2.24. The van der Waals surface area contributed by atoms with Crippen LogP contribution in [0, 0.1) is 13.8 Å². The van der Waals surface area contributed by atoms with Crippen molar-refractivity contribution in [3.63, 3.8) is 0 Å². The van der Waals surface area contributed by atoms with E-state index in [9.17, 15) is 19.2 Å². The lowest BCUT2D eigenvalue weighted by atomic mass is 9.77. The van der Waals surface area contributed by atoms with Crippen LogP contribution < -0.4 is 10.6 Å². The summed E-state index contributed by atoms with van der Waals surface area (Å²) >= 11 is 0. The number of hydrogen-bond acceptors (Lipinski definition) is 4. The molecular formula is C35H36N2O6. The Hall–Kier alpha value is -4.98. The zero-order valence-corrected chi connectivity index (χ0v) is 24.3. The third-order valence-corrected chi connectivity index (χ3v) is 7.76. The SMILES string of the molecule is Cc1cc(C2CCCCC2)cc(C)c1C(c1ccc(NC(=O)/C=C/C(=O)O)cc1)c1ccc(NC(=O)/C=C/C(=O)O)cc1. The average molecular weight is 581 g/mol. The molecule has 8 nitrogen and oxygen atoms in total. The summed E-state index contributed by atoms with van der Waals surface area (Å²) in [6, 6.07) is 19.6. The number of aliphatic carboxylic acids is 2. The average Bonchev–Trinajstić information content (AvgIpc) is 2.98. The molecule has 1 aliphatic carbocycles. The first-order valence-electron chi connectivity index (χ1n) is 14.4. The maximum Gasteiger partial charge on any atom is 0.328 e. The third-order valence-electron chi connectivity index (χ3n) is 7.76. The molecule has 4 rings (SSSR count). The van der Waals surface area contributed by atoms with E-state index in [-0.39, 0.29) is 5.92 Å². The minimum absolute atomic E-state index is 0.145. The van der Waals surface area contributed by atoms with Crippen molar-refractivity contribution in [3.05, 3.63) is 118 Å². The fraction of sp³-hybridized carbons (Fsp3) is 0.257. The zero-order valence-electron chi connectivity index (χ0n) is 24.3. The van der Waals surface area contributed by atoms with E-state index in [1.54, 1.807) is 24.3 Å². The van der Waals surface area contributed by atoms with Gasteiger partial charge in [-0.15, -0.1) is 0 Å². The monoisotopic (exact) mass is 580 g/mol. The standard InChI is InChI=1S/C35H36N2O6/c1-22-20-27(24-6-4-3-5-7-24)21-23(2)34(22)35(25-8-12-28(13-9-25)36-30(38)16-18-32(40)41)26-10-14-29(15-11-26)37-31(39)17-19-33(42)43/h8-21,24,35H,3-7H2,1-2H3,(H,36,38)(H,37,39)(H,40,41)(H,42,43)/b18-16+,19-17+. The Balaban J connectivity index is 1.68. The Bertz CT molecular complexity index is 1440. The molecule has 43 heavy (non-hydrogen) atoms.